The molecule has 0 atom stereocenters. The SMILES string of the molecule is C/C=C/[C@H]1CO[C@H](C#Cc2cccc(-c3ccc(Cl)c(F)c3)c2)OC1. The largest absolute Gasteiger partial charge is 0.341 e. The Labute approximate surface area is 152 Å². The lowest BCUT2D eigenvalue weighted by Gasteiger charge is -2.24. The molecule has 0 aromatic heterocycles. The van der Waals surface area contributed by atoms with Crippen LogP contribution in [-0.4, -0.2) is 19.5 Å². The zero-order valence-electron chi connectivity index (χ0n) is 13.8. The summed E-state index contributed by atoms with van der Waals surface area (Å²) in [7, 11) is 0. The van der Waals surface area contributed by atoms with E-state index in [2.05, 4.69) is 17.9 Å². The van der Waals surface area contributed by atoms with Crippen molar-refractivity contribution < 1.29 is 13.9 Å². The van der Waals surface area contributed by atoms with Crippen molar-refractivity contribution in [3.63, 3.8) is 0 Å². The first-order chi connectivity index (χ1) is 12.2. The van der Waals surface area contributed by atoms with Gasteiger partial charge in [-0.3, -0.25) is 0 Å². The Hall–Kier alpha value is -2.12. The van der Waals surface area contributed by atoms with E-state index < -0.39 is 12.1 Å². The van der Waals surface area contributed by atoms with Gasteiger partial charge in [0.25, 0.3) is 0 Å². The lowest BCUT2D eigenvalue weighted by molar-refractivity contribution is -0.160. The van der Waals surface area contributed by atoms with E-state index in [1.807, 2.05) is 37.3 Å². The van der Waals surface area contributed by atoms with Crippen LogP contribution in [0.25, 0.3) is 11.1 Å². The predicted octanol–water partition coefficient (Wildman–Crippen LogP) is 5.06. The van der Waals surface area contributed by atoms with Gasteiger partial charge in [-0.2, -0.15) is 0 Å². The number of hydrogen-bond donors (Lipinski definition) is 0. The fraction of sp³-hybridized carbons (Fsp3) is 0.238. The lowest BCUT2D eigenvalue weighted by atomic mass is 10.0. The smallest absolute Gasteiger partial charge is 0.222 e. The second kappa shape index (κ2) is 8.31. The number of rotatable bonds is 2. The van der Waals surface area contributed by atoms with E-state index in [0.29, 0.717) is 13.2 Å². The van der Waals surface area contributed by atoms with Crippen molar-refractivity contribution in [2.24, 2.45) is 5.92 Å². The monoisotopic (exact) mass is 356 g/mol. The first-order valence-electron chi connectivity index (χ1n) is 8.09. The number of benzene rings is 2. The van der Waals surface area contributed by atoms with Gasteiger partial charge < -0.3 is 9.47 Å². The molecule has 1 saturated heterocycles. The molecule has 2 aromatic carbocycles. The number of ether oxygens (including phenoxy) is 2. The summed E-state index contributed by atoms with van der Waals surface area (Å²) < 4.78 is 24.8. The molecule has 1 aliphatic rings. The molecule has 0 spiro atoms. The maximum atomic E-state index is 13.6. The van der Waals surface area contributed by atoms with Crippen molar-refractivity contribution in [2.75, 3.05) is 13.2 Å². The maximum absolute atomic E-state index is 13.6. The van der Waals surface area contributed by atoms with Crippen LogP contribution in [0.3, 0.4) is 0 Å². The lowest BCUT2D eigenvalue weighted by Crippen LogP contribution is -2.30. The van der Waals surface area contributed by atoms with Crippen LogP contribution in [0, 0.1) is 23.6 Å². The Morgan fingerprint density at radius 1 is 1.12 bits per heavy atom. The minimum absolute atomic E-state index is 0.113. The summed E-state index contributed by atoms with van der Waals surface area (Å²) in [5, 5.41) is 0.113. The molecule has 3 rings (SSSR count). The van der Waals surface area contributed by atoms with Crippen molar-refractivity contribution in [1.29, 1.82) is 0 Å². The summed E-state index contributed by atoms with van der Waals surface area (Å²) >= 11 is 5.74. The minimum atomic E-state index is -0.516. The van der Waals surface area contributed by atoms with Gasteiger partial charge in [0.1, 0.15) is 5.82 Å². The molecule has 1 heterocycles. The first kappa shape index (κ1) is 17.7. The van der Waals surface area contributed by atoms with Crippen LogP contribution in [0.2, 0.25) is 5.02 Å². The van der Waals surface area contributed by atoms with Crippen LogP contribution in [0.1, 0.15) is 12.5 Å². The Kier molecular flexibility index (Phi) is 5.88. The van der Waals surface area contributed by atoms with Gasteiger partial charge in [-0.15, -0.1) is 0 Å². The van der Waals surface area contributed by atoms with E-state index in [1.165, 1.54) is 6.07 Å². The Balaban J connectivity index is 1.72. The zero-order chi connectivity index (χ0) is 17.6. The summed E-state index contributed by atoms with van der Waals surface area (Å²) in [6.45, 7) is 3.19. The second-order valence-electron chi connectivity index (χ2n) is 5.76. The van der Waals surface area contributed by atoms with Gasteiger partial charge in [0, 0.05) is 11.5 Å². The Morgan fingerprint density at radius 3 is 2.60 bits per heavy atom. The highest BCUT2D eigenvalue weighted by Gasteiger charge is 2.18. The summed E-state index contributed by atoms with van der Waals surface area (Å²) in [6, 6.07) is 12.3. The van der Waals surface area contributed by atoms with Gasteiger partial charge in [-0.05, 0) is 48.2 Å². The molecule has 1 aliphatic heterocycles. The highest BCUT2D eigenvalue weighted by molar-refractivity contribution is 6.30. The summed E-state index contributed by atoms with van der Waals surface area (Å²) in [6.07, 6.45) is 3.55. The highest BCUT2D eigenvalue weighted by Crippen LogP contribution is 2.24. The Bertz CT molecular complexity index is 827. The van der Waals surface area contributed by atoms with Gasteiger partial charge in [-0.1, -0.05) is 47.9 Å². The van der Waals surface area contributed by atoms with Crippen LogP contribution < -0.4 is 0 Å². The molecular formula is C21H18ClFO2. The molecule has 1 fully saturated rings. The topological polar surface area (TPSA) is 18.5 Å². The third-order valence-corrected chi connectivity index (χ3v) is 4.14. The van der Waals surface area contributed by atoms with Crippen molar-refractivity contribution in [3.8, 4) is 23.0 Å². The standard InChI is InChI=1S/C21H18ClFO2/c1-2-4-16-13-24-21(25-14-16)10-7-15-5-3-6-17(11-15)18-8-9-19(22)20(23)12-18/h2-6,8-9,11-12,16,21H,13-14H2,1H3/b4-2+/t16-,21-. The highest BCUT2D eigenvalue weighted by atomic mass is 35.5. The van der Waals surface area contributed by atoms with Crippen LogP contribution in [0.4, 0.5) is 4.39 Å². The van der Waals surface area contributed by atoms with Crippen molar-refractivity contribution in [2.45, 2.75) is 13.2 Å². The molecule has 0 N–H and O–H groups in total. The predicted molar refractivity (Wildman–Crippen MR) is 97.7 cm³/mol. The van der Waals surface area contributed by atoms with E-state index in [1.54, 1.807) is 12.1 Å². The molecule has 0 radical (unpaired) electrons. The fourth-order valence-electron chi connectivity index (χ4n) is 2.58. The number of halogens is 2. The van der Waals surface area contributed by atoms with Crippen molar-refractivity contribution in [1.82, 2.24) is 0 Å². The fourth-order valence-corrected chi connectivity index (χ4v) is 2.70. The third kappa shape index (κ3) is 4.70. The molecule has 0 unspecified atom stereocenters. The van der Waals surface area contributed by atoms with Gasteiger partial charge >= 0.3 is 0 Å². The molecule has 2 aromatic rings. The van der Waals surface area contributed by atoms with Crippen LogP contribution in [-0.2, 0) is 9.47 Å². The second-order valence-corrected chi connectivity index (χ2v) is 6.17. The Morgan fingerprint density at radius 2 is 1.88 bits per heavy atom. The molecule has 0 saturated carbocycles. The molecule has 0 amide bonds. The molecule has 4 heteroatoms. The summed E-state index contributed by atoms with van der Waals surface area (Å²) in [4.78, 5) is 0. The van der Waals surface area contributed by atoms with E-state index in [9.17, 15) is 4.39 Å². The van der Waals surface area contributed by atoms with E-state index in [4.69, 9.17) is 21.1 Å². The molecular weight excluding hydrogens is 339 g/mol. The van der Waals surface area contributed by atoms with E-state index in [-0.39, 0.29) is 10.9 Å². The number of allylic oxidation sites excluding steroid dienone is 1. The van der Waals surface area contributed by atoms with Crippen molar-refractivity contribution in [3.05, 3.63) is 71.0 Å². The van der Waals surface area contributed by atoms with Crippen LogP contribution in [0.15, 0.2) is 54.6 Å². The van der Waals surface area contributed by atoms with Crippen molar-refractivity contribution >= 4 is 11.6 Å². The van der Waals surface area contributed by atoms with Gasteiger partial charge in [-0.25, -0.2) is 4.39 Å². The van der Waals surface area contributed by atoms with Gasteiger partial charge in [0.05, 0.1) is 18.2 Å². The first-order valence-corrected chi connectivity index (χ1v) is 8.46. The molecule has 128 valence electrons. The molecule has 25 heavy (non-hydrogen) atoms. The molecule has 0 bridgehead atoms. The van der Waals surface area contributed by atoms with Gasteiger partial charge in [0.2, 0.25) is 6.29 Å². The maximum Gasteiger partial charge on any atom is 0.222 e. The van der Waals surface area contributed by atoms with Crippen LogP contribution >= 0.6 is 11.6 Å². The summed E-state index contributed by atoms with van der Waals surface area (Å²) in [5.41, 5.74) is 2.45. The summed E-state index contributed by atoms with van der Waals surface area (Å²) in [5.74, 6) is 5.89. The van der Waals surface area contributed by atoms with E-state index >= 15 is 0 Å². The number of hydrogen-bond acceptors (Lipinski definition) is 2. The average molecular weight is 357 g/mol. The van der Waals surface area contributed by atoms with Gasteiger partial charge in [0.15, 0.2) is 0 Å². The molecule has 0 aliphatic carbocycles. The quantitative estimate of drug-likeness (QED) is 0.553. The van der Waals surface area contributed by atoms with Crippen LogP contribution in [0.5, 0.6) is 0 Å². The van der Waals surface area contributed by atoms with E-state index in [0.717, 1.165) is 16.7 Å². The average Bonchev–Trinajstić information content (AvgIpc) is 2.64. The minimum Gasteiger partial charge on any atom is -0.341 e. The molecule has 2 nitrogen and oxygen atoms in total. The zero-order valence-corrected chi connectivity index (χ0v) is 14.6. The third-order valence-electron chi connectivity index (χ3n) is 3.84. The normalized spacial score (nSPS) is 20.3.